The van der Waals surface area contributed by atoms with Crippen LogP contribution in [-0.4, -0.2) is 31.1 Å². The van der Waals surface area contributed by atoms with E-state index in [9.17, 15) is 9.90 Å². The van der Waals surface area contributed by atoms with Crippen LogP contribution in [0.4, 0.5) is 0 Å². The molecule has 0 aliphatic carbocycles. The van der Waals surface area contributed by atoms with Gasteiger partial charge in [0.2, 0.25) is 6.79 Å². The standard InChI is InChI=1S/C30H25BrN2O6/c1-36-27-16-21(14-24(31)28(27)37-18-20-12-13-25-26(15-20)39-19-38-25)17-32-33-29(34)30(35,22-8-4-2-5-9-22)23-10-6-3-7-11-23/h2-17,35H,18-19H2,1H3,(H,33,34)/b32-17-. The molecule has 198 valence electrons. The Bertz CT molecular complexity index is 1460. The molecule has 8 nitrogen and oxygen atoms in total. The molecule has 2 N–H and O–H groups in total. The summed E-state index contributed by atoms with van der Waals surface area (Å²) in [5.41, 5.74) is 2.95. The molecular weight excluding hydrogens is 564 g/mol. The Kier molecular flexibility index (Phi) is 7.81. The van der Waals surface area contributed by atoms with Crippen LogP contribution in [0.15, 0.2) is 101 Å². The van der Waals surface area contributed by atoms with Crippen LogP contribution in [0.25, 0.3) is 0 Å². The van der Waals surface area contributed by atoms with Crippen molar-refractivity contribution >= 4 is 28.1 Å². The number of nitrogens with one attached hydrogen (secondary N) is 1. The number of aliphatic hydroxyl groups is 1. The maximum absolute atomic E-state index is 13.2. The first-order valence-corrected chi connectivity index (χ1v) is 12.8. The Morgan fingerprint density at radius 3 is 2.33 bits per heavy atom. The summed E-state index contributed by atoms with van der Waals surface area (Å²) in [6, 6.07) is 26.6. The lowest BCUT2D eigenvalue weighted by Crippen LogP contribution is -2.43. The summed E-state index contributed by atoms with van der Waals surface area (Å²) in [4.78, 5) is 13.2. The zero-order valence-corrected chi connectivity index (χ0v) is 22.6. The molecule has 9 heteroatoms. The SMILES string of the molecule is COc1cc(/C=N\NC(=O)C(O)(c2ccccc2)c2ccccc2)cc(Br)c1OCc1ccc2c(c1)OCO2. The van der Waals surface area contributed by atoms with Crippen LogP contribution in [0, 0.1) is 0 Å². The molecule has 1 aliphatic rings. The minimum atomic E-state index is -1.93. The van der Waals surface area contributed by atoms with E-state index < -0.39 is 11.5 Å². The fraction of sp³-hybridized carbons (Fsp3) is 0.133. The van der Waals surface area contributed by atoms with Crippen LogP contribution >= 0.6 is 15.9 Å². The molecule has 0 aromatic heterocycles. The third kappa shape index (κ3) is 5.59. The van der Waals surface area contributed by atoms with E-state index in [1.807, 2.05) is 30.3 Å². The van der Waals surface area contributed by atoms with Gasteiger partial charge < -0.3 is 24.1 Å². The summed E-state index contributed by atoms with van der Waals surface area (Å²) in [5, 5.41) is 15.6. The summed E-state index contributed by atoms with van der Waals surface area (Å²) >= 11 is 3.54. The van der Waals surface area contributed by atoms with Crippen molar-refractivity contribution < 1.29 is 28.8 Å². The lowest BCUT2D eigenvalue weighted by atomic mass is 9.85. The van der Waals surface area contributed by atoms with Gasteiger partial charge in [-0.1, -0.05) is 66.7 Å². The minimum absolute atomic E-state index is 0.209. The number of hydrogen-bond acceptors (Lipinski definition) is 7. The molecule has 5 rings (SSSR count). The number of carbonyl (C=O) groups excluding carboxylic acids is 1. The highest BCUT2D eigenvalue weighted by Gasteiger charge is 2.39. The molecule has 0 radical (unpaired) electrons. The quantitative estimate of drug-likeness (QED) is 0.207. The number of ether oxygens (including phenoxy) is 4. The zero-order chi connectivity index (χ0) is 27.2. The van der Waals surface area contributed by atoms with Crippen LogP contribution in [0.5, 0.6) is 23.0 Å². The van der Waals surface area contributed by atoms with Gasteiger partial charge in [0.25, 0.3) is 5.91 Å². The number of carbonyl (C=O) groups is 1. The number of hydrogen-bond donors (Lipinski definition) is 2. The molecule has 0 spiro atoms. The van der Waals surface area contributed by atoms with Gasteiger partial charge in [-0.05, 0) is 62.4 Å². The minimum Gasteiger partial charge on any atom is -0.493 e. The Hall–Kier alpha value is -4.34. The second-order valence-electron chi connectivity index (χ2n) is 8.65. The second kappa shape index (κ2) is 11.6. The van der Waals surface area contributed by atoms with E-state index in [4.69, 9.17) is 18.9 Å². The maximum Gasteiger partial charge on any atom is 0.281 e. The van der Waals surface area contributed by atoms with Gasteiger partial charge in [0, 0.05) is 0 Å². The maximum atomic E-state index is 13.2. The lowest BCUT2D eigenvalue weighted by Gasteiger charge is -2.27. The third-order valence-corrected chi connectivity index (χ3v) is 6.75. The second-order valence-corrected chi connectivity index (χ2v) is 9.51. The van der Waals surface area contributed by atoms with Crippen LogP contribution in [0.3, 0.4) is 0 Å². The van der Waals surface area contributed by atoms with Crippen molar-refractivity contribution in [2.45, 2.75) is 12.2 Å². The number of halogens is 1. The molecule has 0 atom stereocenters. The highest BCUT2D eigenvalue weighted by molar-refractivity contribution is 9.10. The highest BCUT2D eigenvalue weighted by Crippen LogP contribution is 2.38. The molecule has 1 amide bonds. The zero-order valence-electron chi connectivity index (χ0n) is 21.0. The van der Waals surface area contributed by atoms with Gasteiger partial charge in [-0.25, -0.2) is 5.43 Å². The molecule has 4 aromatic rings. The Morgan fingerprint density at radius 2 is 1.67 bits per heavy atom. The van der Waals surface area contributed by atoms with E-state index in [0.717, 1.165) is 5.56 Å². The fourth-order valence-corrected chi connectivity index (χ4v) is 4.75. The number of fused-ring (bicyclic) bond motifs is 1. The molecule has 0 unspecified atom stereocenters. The normalized spacial score (nSPS) is 12.4. The predicted molar refractivity (Wildman–Crippen MR) is 149 cm³/mol. The van der Waals surface area contributed by atoms with Gasteiger partial charge in [-0.3, -0.25) is 4.79 Å². The van der Waals surface area contributed by atoms with E-state index in [1.165, 1.54) is 13.3 Å². The molecule has 0 saturated carbocycles. The monoisotopic (exact) mass is 588 g/mol. The Labute approximate surface area is 233 Å². The Morgan fingerprint density at radius 1 is 1.00 bits per heavy atom. The topological polar surface area (TPSA) is 98.6 Å². The van der Waals surface area contributed by atoms with Crippen molar-refractivity contribution in [3.63, 3.8) is 0 Å². The summed E-state index contributed by atoms with van der Waals surface area (Å²) < 4.78 is 23.0. The average Bonchev–Trinajstić information content (AvgIpc) is 3.45. The van der Waals surface area contributed by atoms with E-state index in [0.29, 0.717) is 44.2 Å². The van der Waals surface area contributed by atoms with Crippen molar-refractivity contribution in [3.8, 4) is 23.0 Å². The largest absolute Gasteiger partial charge is 0.493 e. The van der Waals surface area contributed by atoms with E-state index >= 15 is 0 Å². The van der Waals surface area contributed by atoms with Crippen molar-refractivity contribution in [2.75, 3.05) is 13.9 Å². The number of methoxy groups -OCH3 is 1. The summed E-state index contributed by atoms with van der Waals surface area (Å²) in [5.74, 6) is 1.69. The fourth-order valence-electron chi connectivity index (χ4n) is 4.17. The number of benzene rings is 4. The molecule has 4 aromatic carbocycles. The van der Waals surface area contributed by atoms with Crippen molar-refractivity contribution in [1.29, 1.82) is 0 Å². The average molecular weight is 589 g/mol. The number of hydrazone groups is 1. The summed E-state index contributed by atoms with van der Waals surface area (Å²) in [7, 11) is 1.54. The van der Waals surface area contributed by atoms with Gasteiger partial charge in [-0.2, -0.15) is 5.10 Å². The lowest BCUT2D eigenvalue weighted by molar-refractivity contribution is -0.136. The van der Waals surface area contributed by atoms with Gasteiger partial charge >= 0.3 is 0 Å². The molecule has 1 heterocycles. The van der Waals surface area contributed by atoms with Crippen LogP contribution in [0.1, 0.15) is 22.3 Å². The third-order valence-electron chi connectivity index (χ3n) is 6.16. The molecule has 39 heavy (non-hydrogen) atoms. The Balaban J connectivity index is 1.31. The highest BCUT2D eigenvalue weighted by atomic mass is 79.9. The van der Waals surface area contributed by atoms with Crippen LogP contribution in [0.2, 0.25) is 0 Å². The van der Waals surface area contributed by atoms with E-state index in [-0.39, 0.29) is 13.4 Å². The molecular formula is C30H25BrN2O6. The van der Waals surface area contributed by atoms with E-state index in [2.05, 4.69) is 26.5 Å². The smallest absolute Gasteiger partial charge is 0.281 e. The molecule has 0 bridgehead atoms. The van der Waals surface area contributed by atoms with Gasteiger partial charge in [0.15, 0.2) is 28.6 Å². The predicted octanol–water partition coefficient (Wildman–Crippen LogP) is 5.15. The first-order valence-electron chi connectivity index (χ1n) is 12.0. The van der Waals surface area contributed by atoms with E-state index in [1.54, 1.807) is 60.7 Å². The molecule has 1 aliphatic heterocycles. The van der Waals surface area contributed by atoms with Crippen molar-refractivity contribution in [1.82, 2.24) is 5.43 Å². The first-order chi connectivity index (χ1) is 19.0. The molecule has 0 fully saturated rings. The van der Waals surface area contributed by atoms with Crippen molar-refractivity contribution in [2.24, 2.45) is 5.10 Å². The number of rotatable bonds is 9. The number of amides is 1. The van der Waals surface area contributed by atoms with Crippen molar-refractivity contribution in [3.05, 3.63) is 118 Å². The van der Waals surface area contributed by atoms with Gasteiger partial charge in [-0.15, -0.1) is 0 Å². The van der Waals surface area contributed by atoms with Crippen LogP contribution in [-0.2, 0) is 17.0 Å². The summed E-state index contributed by atoms with van der Waals surface area (Å²) in [6.45, 7) is 0.493. The summed E-state index contributed by atoms with van der Waals surface area (Å²) in [6.07, 6.45) is 1.46. The van der Waals surface area contributed by atoms with Gasteiger partial charge in [0.1, 0.15) is 6.61 Å². The first kappa shape index (κ1) is 26.3. The van der Waals surface area contributed by atoms with Gasteiger partial charge in [0.05, 0.1) is 17.8 Å². The molecule has 0 saturated heterocycles. The van der Waals surface area contributed by atoms with Crippen LogP contribution < -0.4 is 24.4 Å². The number of nitrogens with zero attached hydrogens (tertiary/aromatic N) is 1.